The highest BCUT2D eigenvalue weighted by atomic mass is 127. The average Bonchev–Trinajstić information content (AvgIpc) is 2.71. The Balaban J connectivity index is 0.00000420. The number of methoxy groups -OCH3 is 1. The Morgan fingerprint density at radius 1 is 1.21 bits per heavy atom. The fourth-order valence-corrected chi connectivity index (χ4v) is 3.90. The second-order valence-electron chi connectivity index (χ2n) is 7.71. The van der Waals surface area contributed by atoms with E-state index < -0.39 is 0 Å². The summed E-state index contributed by atoms with van der Waals surface area (Å²) in [5.74, 6) is 0.866. The van der Waals surface area contributed by atoms with Gasteiger partial charge in [-0.1, -0.05) is 24.3 Å². The van der Waals surface area contributed by atoms with Crippen LogP contribution in [0.15, 0.2) is 29.3 Å². The minimum absolute atomic E-state index is 0. The lowest BCUT2D eigenvalue weighted by Crippen LogP contribution is -2.49. The second kappa shape index (κ2) is 14.2. The van der Waals surface area contributed by atoms with Crippen LogP contribution in [0.1, 0.15) is 30.4 Å². The molecule has 166 valence electrons. The SMILES string of the molecule is CN=C(NCCN(C)CCCOC)NCC1(c2ccccc2C)CCOCC1.I. The summed E-state index contributed by atoms with van der Waals surface area (Å²) in [6.45, 7) is 8.39. The molecule has 2 rings (SSSR count). The maximum atomic E-state index is 5.66. The Morgan fingerprint density at radius 3 is 2.59 bits per heavy atom. The number of aliphatic imine (C=N–C) groups is 1. The quantitative estimate of drug-likeness (QED) is 0.216. The molecular weight excluding hydrogens is 479 g/mol. The number of aryl methyl sites for hydroxylation is 1. The van der Waals surface area contributed by atoms with E-state index in [2.05, 4.69) is 58.8 Å². The van der Waals surface area contributed by atoms with Crippen molar-refractivity contribution in [1.82, 2.24) is 15.5 Å². The second-order valence-corrected chi connectivity index (χ2v) is 7.71. The molecule has 0 radical (unpaired) electrons. The minimum atomic E-state index is 0. The van der Waals surface area contributed by atoms with Gasteiger partial charge in [-0.25, -0.2) is 0 Å². The molecule has 1 aromatic carbocycles. The van der Waals surface area contributed by atoms with E-state index in [1.807, 2.05) is 7.05 Å². The molecule has 0 unspecified atom stereocenters. The number of benzene rings is 1. The van der Waals surface area contributed by atoms with Crippen LogP contribution >= 0.6 is 24.0 Å². The van der Waals surface area contributed by atoms with Gasteiger partial charge < -0.3 is 25.0 Å². The fraction of sp³-hybridized carbons (Fsp3) is 0.682. The van der Waals surface area contributed by atoms with E-state index in [1.54, 1.807) is 7.11 Å². The van der Waals surface area contributed by atoms with Crippen molar-refractivity contribution in [3.05, 3.63) is 35.4 Å². The van der Waals surface area contributed by atoms with Crippen LogP contribution in [0.3, 0.4) is 0 Å². The lowest BCUT2D eigenvalue weighted by atomic mass is 9.72. The summed E-state index contributed by atoms with van der Waals surface area (Å²) in [6, 6.07) is 8.74. The van der Waals surface area contributed by atoms with Gasteiger partial charge in [0.15, 0.2) is 5.96 Å². The molecule has 0 atom stereocenters. The summed E-state index contributed by atoms with van der Waals surface area (Å²) in [4.78, 5) is 6.73. The fourth-order valence-electron chi connectivity index (χ4n) is 3.90. The van der Waals surface area contributed by atoms with Crippen molar-refractivity contribution in [2.45, 2.75) is 31.6 Å². The number of hydrogen-bond acceptors (Lipinski definition) is 4. The first kappa shape index (κ1) is 26.1. The average molecular weight is 518 g/mol. The van der Waals surface area contributed by atoms with Crippen LogP contribution in [0.4, 0.5) is 0 Å². The molecule has 29 heavy (non-hydrogen) atoms. The van der Waals surface area contributed by atoms with Gasteiger partial charge in [-0.2, -0.15) is 0 Å². The van der Waals surface area contributed by atoms with Crippen LogP contribution in [-0.4, -0.2) is 78.1 Å². The zero-order valence-electron chi connectivity index (χ0n) is 18.5. The maximum absolute atomic E-state index is 5.66. The molecule has 1 fully saturated rings. The van der Waals surface area contributed by atoms with E-state index in [9.17, 15) is 0 Å². The Morgan fingerprint density at radius 2 is 1.93 bits per heavy atom. The number of rotatable bonds is 10. The zero-order valence-corrected chi connectivity index (χ0v) is 20.8. The van der Waals surface area contributed by atoms with Crippen molar-refractivity contribution >= 4 is 29.9 Å². The molecule has 0 amide bonds. The molecule has 1 aliphatic heterocycles. The van der Waals surface area contributed by atoms with Crippen LogP contribution in [0.5, 0.6) is 0 Å². The molecule has 1 heterocycles. The van der Waals surface area contributed by atoms with E-state index in [-0.39, 0.29) is 29.4 Å². The standard InChI is InChI=1S/C22H38N4O2.HI/c1-19-8-5-6-9-20(19)22(10-16-28-17-11-22)18-25-21(23-2)24-12-14-26(3)13-7-15-27-4;/h5-6,8-9H,7,10-18H2,1-4H3,(H2,23,24,25);1H. The number of ether oxygens (including phenoxy) is 2. The molecule has 1 aromatic rings. The first-order valence-corrected chi connectivity index (χ1v) is 10.4. The van der Waals surface area contributed by atoms with Crippen molar-refractivity contribution < 1.29 is 9.47 Å². The largest absolute Gasteiger partial charge is 0.385 e. The first-order valence-electron chi connectivity index (χ1n) is 10.4. The maximum Gasteiger partial charge on any atom is 0.191 e. The monoisotopic (exact) mass is 518 g/mol. The van der Waals surface area contributed by atoms with E-state index >= 15 is 0 Å². The molecule has 0 saturated carbocycles. The topological polar surface area (TPSA) is 58.1 Å². The van der Waals surface area contributed by atoms with Crippen LogP contribution in [0.25, 0.3) is 0 Å². The normalized spacial score (nSPS) is 16.4. The molecule has 1 aliphatic rings. The number of hydrogen-bond donors (Lipinski definition) is 2. The molecule has 0 aliphatic carbocycles. The number of nitrogens with zero attached hydrogens (tertiary/aromatic N) is 2. The van der Waals surface area contributed by atoms with Crippen molar-refractivity contribution in [1.29, 1.82) is 0 Å². The van der Waals surface area contributed by atoms with Crippen molar-refractivity contribution in [2.24, 2.45) is 4.99 Å². The molecule has 1 saturated heterocycles. The Kier molecular flexibility index (Phi) is 12.8. The summed E-state index contributed by atoms with van der Waals surface area (Å²) in [5, 5.41) is 7.02. The molecule has 0 spiro atoms. The highest BCUT2D eigenvalue weighted by Crippen LogP contribution is 2.36. The number of likely N-dealkylation sites (N-methyl/N-ethyl adjacent to an activating group) is 1. The summed E-state index contributed by atoms with van der Waals surface area (Å²) in [6.07, 6.45) is 3.12. The van der Waals surface area contributed by atoms with Gasteiger partial charge in [-0.05, 0) is 44.4 Å². The third-order valence-corrected chi connectivity index (χ3v) is 5.66. The predicted octanol–water partition coefficient (Wildman–Crippen LogP) is 2.79. The highest BCUT2D eigenvalue weighted by Gasteiger charge is 2.35. The summed E-state index contributed by atoms with van der Waals surface area (Å²) < 4.78 is 10.8. The number of halogens is 1. The van der Waals surface area contributed by atoms with Crippen molar-refractivity contribution in [3.8, 4) is 0 Å². The van der Waals surface area contributed by atoms with E-state index in [4.69, 9.17) is 9.47 Å². The third kappa shape index (κ3) is 8.39. The Labute approximate surface area is 193 Å². The van der Waals surface area contributed by atoms with Crippen LogP contribution in [-0.2, 0) is 14.9 Å². The van der Waals surface area contributed by atoms with Crippen molar-refractivity contribution in [2.75, 3.05) is 67.2 Å². The summed E-state index contributed by atoms with van der Waals surface area (Å²) in [5.41, 5.74) is 2.88. The van der Waals surface area contributed by atoms with Crippen LogP contribution < -0.4 is 10.6 Å². The Hall–Kier alpha value is -0.900. The van der Waals surface area contributed by atoms with E-state index in [0.717, 1.165) is 71.2 Å². The smallest absolute Gasteiger partial charge is 0.191 e. The van der Waals surface area contributed by atoms with Gasteiger partial charge in [0, 0.05) is 65.6 Å². The predicted molar refractivity (Wildman–Crippen MR) is 132 cm³/mol. The highest BCUT2D eigenvalue weighted by molar-refractivity contribution is 14.0. The third-order valence-electron chi connectivity index (χ3n) is 5.66. The molecule has 0 bridgehead atoms. The van der Waals surface area contributed by atoms with Crippen molar-refractivity contribution in [3.63, 3.8) is 0 Å². The van der Waals surface area contributed by atoms with Gasteiger partial charge in [-0.3, -0.25) is 4.99 Å². The molecule has 2 N–H and O–H groups in total. The number of nitrogens with one attached hydrogen (secondary N) is 2. The van der Waals surface area contributed by atoms with Crippen LogP contribution in [0, 0.1) is 6.92 Å². The lowest BCUT2D eigenvalue weighted by molar-refractivity contribution is 0.0512. The van der Waals surface area contributed by atoms with Gasteiger partial charge >= 0.3 is 0 Å². The molecule has 7 heteroatoms. The van der Waals surface area contributed by atoms with Gasteiger partial charge in [0.1, 0.15) is 0 Å². The van der Waals surface area contributed by atoms with E-state index in [1.165, 1.54) is 11.1 Å². The van der Waals surface area contributed by atoms with Gasteiger partial charge in [0.2, 0.25) is 0 Å². The zero-order chi connectivity index (χ0) is 20.2. The van der Waals surface area contributed by atoms with Gasteiger partial charge in [0.05, 0.1) is 0 Å². The summed E-state index contributed by atoms with van der Waals surface area (Å²) in [7, 11) is 5.73. The number of guanidine groups is 1. The Bertz CT molecular complexity index is 606. The summed E-state index contributed by atoms with van der Waals surface area (Å²) >= 11 is 0. The minimum Gasteiger partial charge on any atom is -0.385 e. The molecular formula is C22H39IN4O2. The van der Waals surface area contributed by atoms with Gasteiger partial charge in [-0.15, -0.1) is 24.0 Å². The van der Waals surface area contributed by atoms with Crippen LogP contribution in [0.2, 0.25) is 0 Å². The first-order chi connectivity index (χ1) is 13.6. The molecule has 6 nitrogen and oxygen atoms in total. The lowest BCUT2D eigenvalue weighted by Gasteiger charge is -2.39. The van der Waals surface area contributed by atoms with E-state index in [0.29, 0.717) is 0 Å². The van der Waals surface area contributed by atoms with Gasteiger partial charge in [0.25, 0.3) is 0 Å². The molecule has 0 aromatic heterocycles.